The second-order valence-electron chi connectivity index (χ2n) is 6.48. The highest BCUT2D eigenvalue weighted by Gasteiger charge is 2.17. The van der Waals surface area contributed by atoms with Crippen LogP contribution >= 0.6 is 11.3 Å². The number of thiazole rings is 1. The summed E-state index contributed by atoms with van der Waals surface area (Å²) in [6.45, 7) is 11.1. The Labute approximate surface area is 131 Å². The third kappa shape index (κ3) is 4.05. The topological polar surface area (TPSA) is 48.1 Å². The quantitative estimate of drug-likeness (QED) is 0.913. The molecule has 0 unspecified atom stereocenters. The van der Waals surface area contributed by atoms with Crippen LogP contribution in [-0.4, -0.2) is 4.98 Å². The van der Waals surface area contributed by atoms with Crippen molar-refractivity contribution in [3.05, 3.63) is 45.4 Å². The van der Waals surface area contributed by atoms with E-state index in [1.807, 2.05) is 26.0 Å². The van der Waals surface area contributed by atoms with Crippen molar-refractivity contribution < 1.29 is 4.74 Å². The average Bonchev–Trinajstić information content (AvgIpc) is 2.85. The van der Waals surface area contributed by atoms with Gasteiger partial charge in [-0.25, -0.2) is 4.98 Å². The van der Waals surface area contributed by atoms with Gasteiger partial charge in [0.15, 0.2) is 0 Å². The molecular weight excluding hydrogens is 280 g/mol. The van der Waals surface area contributed by atoms with E-state index in [0.29, 0.717) is 6.61 Å². The van der Waals surface area contributed by atoms with Crippen LogP contribution < -0.4 is 10.5 Å². The lowest BCUT2D eigenvalue weighted by Gasteiger charge is -2.14. The molecule has 114 valence electrons. The zero-order chi connectivity index (χ0) is 15.6. The summed E-state index contributed by atoms with van der Waals surface area (Å²) in [6.07, 6.45) is 0. The molecule has 0 saturated carbocycles. The molecule has 21 heavy (non-hydrogen) atoms. The highest BCUT2D eigenvalue weighted by Crippen LogP contribution is 2.26. The first-order valence-electron chi connectivity index (χ1n) is 7.21. The fourth-order valence-corrected chi connectivity index (χ4v) is 2.91. The van der Waals surface area contributed by atoms with Crippen LogP contribution in [-0.2, 0) is 12.0 Å². The van der Waals surface area contributed by atoms with Crippen molar-refractivity contribution in [1.29, 1.82) is 0 Å². The fourth-order valence-electron chi connectivity index (χ4n) is 1.98. The van der Waals surface area contributed by atoms with E-state index in [0.717, 1.165) is 27.6 Å². The summed E-state index contributed by atoms with van der Waals surface area (Å²) < 4.78 is 5.89. The third-order valence-corrected chi connectivity index (χ3v) is 4.22. The van der Waals surface area contributed by atoms with E-state index in [9.17, 15) is 0 Å². The number of aryl methyl sites for hydroxylation is 1. The molecule has 2 rings (SSSR count). The molecule has 0 saturated heterocycles. The number of nitrogens with two attached hydrogens (primary N) is 1. The van der Waals surface area contributed by atoms with Gasteiger partial charge in [-0.1, -0.05) is 32.9 Å². The predicted octanol–water partition coefficient (Wildman–Crippen LogP) is 4.35. The number of benzene rings is 1. The van der Waals surface area contributed by atoms with Gasteiger partial charge in [-0.05, 0) is 31.0 Å². The van der Waals surface area contributed by atoms with E-state index in [-0.39, 0.29) is 11.5 Å². The fraction of sp³-hybridized carbons (Fsp3) is 0.471. The molecule has 0 bridgehead atoms. The lowest BCUT2D eigenvalue weighted by Crippen LogP contribution is -2.11. The van der Waals surface area contributed by atoms with Crippen LogP contribution in [0, 0.1) is 6.92 Å². The largest absolute Gasteiger partial charge is 0.486 e. The van der Waals surface area contributed by atoms with Crippen LogP contribution in [0.25, 0.3) is 0 Å². The molecule has 0 fully saturated rings. The molecule has 3 nitrogen and oxygen atoms in total. The minimum absolute atomic E-state index is 0.0473. The van der Waals surface area contributed by atoms with Crippen molar-refractivity contribution >= 4 is 11.3 Å². The van der Waals surface area contributed by atoms with Gasteiger partial charge in [-0.15, -0.1) is 11.3 Å². The van der Waals surface area contributed by atoms with Crippen LogP contribution in [0.1, 0.15) is 55.6 Å². The molecule has 2 N–H and O–H groups in total. The molecular formula is C17H24N2OS. The maximum atomic E-state index is 5.89. The molecule has 0 aliphatic rings. The summed E-state index contributed by atoms with van der Waals surface area (Å²) in [4.78, 5) is 4.65. The van der Waals surface area contributed by atoms with Crippen LogP contribution in [0.2, 0.25) is 0 Å². The number of rotatable bonds is 4. The Balaban J connectivity index is 2.05. The minimum atomic E-state index is 0.0473. The Morgan fingerprint density at radius 2 is 2.05 bits per heavy atom. The molecule has 0 radical (unpaired) electrons. The van der Waals surface area contributed by atoms with Gasteiger partial charge in [0.25, 0.3) is 0 Å². The molecule has 2 aromatic rings. The molecule has 0 spiro atoms. The summed E-state index contributed by atoms with van der Waals surface area (Å²) in [6, 6.07) is 6.15. The van der Waals surface area contributed by atoms with Crippen molar-refractivity contribution in [2.24, 2.45) is 5.73 Å². The molecule has 1 heterocycles. The van der Waals surface area contributed by atoms with Crippen LogP contribution in [0.5, 0.6) is 5.75 Å². The summed E-state index contributed by atoms with van der Waals surface area (Å²) in [7, 11) is 0. The van der Waals surface area contributed by atoms with Gasteiger partial charge >= 0.3 is 0 Å². The van der Waals surface area contributed by atoms with Crippen molar-refractivity contribution in [2.45, 2.75) is 52.7 Å². The zero-order valence-electron chi connectivity index (χ0n) is 13.4. The lowest BCUT2D eigenvalue weighted by atomic mass is 9.93. The number of hydrogen-bond donors (Lipinski definition) is 1. The van der Waals surface area contributed by atoms with E-state index in [1.54, 1.807) is 11.3 Å². The van der Waals surface area contributed by atoms with E-state index >= 15 is 0 Å². The zero-order valence-corrected chi connectivity index (χ0v) is 14.3. The molecule has 0 aliphatic heterocycles. The second-order valence-corrected chi connectivity index (χ2v) is 7.42. The van der Waals surface area contributed by atoms with Gasteiger partial charge in [0.1, 0.15) is 17.4 Å². The average molecular weight is 304 g/mol. The van der Waals surface area contributed by atoms with Gasteiger partial charge in [0.2, 0.25) is 0 Å². The highest BCUT2D eigenvalue weighted by molar-refractivity contribution is 7.09. The van der Waals surface area contributed by atoms with Gasteiger partial charge in [0, 0.05) is 16.8 Å². The standard InChI is InChI=1S/C17H24N2OS/c1-11-8-13(12(2)18)6-7-14(11)20-9-16-19-15(10-21-16)17(3,4)5/h6-8,10,12H,9,18H2,1-5H3/t12-/m1/s1. The van der Waals surface area contributed by atoms with E-state index in [1.165, 1.54) is 0 Å². The summed E-state index contributed by atoms with van der Waals surface area (Å²) in [5.41, 5.74) is 9.34. The van der Waals surface area contributed by atoms with Crippen LogP contribution in [0.15, 0.2) is 23.6 Å². The van der Waals surface area contributed by atoms with E-state index in [4.69, 9.17) is 10.5 Å². The Bertz CT molecular complexity index is 611. The summed E-state index contributed by atoms with van der Waals surface area (Å²) >= 11 is 1.65. The van der Waals surface area contributed by atoms with Crippen molar-refractivity contribution in [2.75, 3.05) is 0 Å². The maximum Gasteiger partial charge on any atom is 0.140 e. The summed E-state index contributed by atoms with van der Waals surface area (Å²) in [5, 5.41) is 3.13. The number of aromatic nitrogens is 1. The Kier molecular flexibility index (Phi) is 4.69. The Hall–Kier alpha value is -1.39. The SMILES string of the molecule is Cc1cc([C@@H](C)N)ccc1OCc1nc(C(C)(C)C)cs1. The summed E-state index contributed by atoms with van der Waals surface area (Å²) in [5.74, 6) is 0.895. The van der Waals surface area contributed by atoms with Crippen LogP contribution in [0.3, 0.4) is 0 Å². The molecule has 1 atom stereocenters. The first-order chi connectivity index (χ1) is 9.77. The van der Waals surface area contributed by atoms with E-state index in [2.05, 4.69) is 37.2 Å². The molecule has 4 heteroatoms. The number of ether oxygens (including phenoxy) is 1. The van der Waals surface area contributed by atoms with Gasteiger partial charge < -0.3 is 10.5 Å². The monoisotopic (exact) mass is 304 g/mol. The van der Waals surface area contributed by atoms with Gasteiger partial charge in [-0.2, -0.15) is 0 Å². The Morgan fingerprint density at radius 1 is 1.33 bits per heavy atom. The number of nitrogens with zero attached hydrogens (tertiary/aromatic N) is 1. The van der Waals surface area contributed by atoms with Gasteiger partial charge in [-0.3, -0.25) is 0 Å². The van der Waals surface area contributed by atoms with Crippen molar-refractivity contribution in [3.63, 3.8) is 0 Å². The first kappa shape index (κ1) is 16.0. The second kappa shape index (κ2) is 6.16. The normalized spacial score (nSPS) is 13.2. The van der Waals surface area contributed by atoms with E-state index < -0.39 is 0 Å². The minimum Gasteiger partial charge on any atom is -0.486 e. The predicted molar refractivity (Wildman–Crippen MR) is 88.9 cm³/mol. The van der Waals surface area contributed by atoms with Crippen molar-refractivity contribution in [1.82, 2.24) is 4.98 Å². The first-order valence-corrected chi connectivity index (χ1v) is 8.09. The molecule has 0 aliphatic carbocycles. The lowest BCUT2D eigenvalue weighted by molar-refractivity contribution is 0.302. The van der Waals surface area contributed by atoms with Crippen LogP contribution in [0.4, 0.5) is 0 Å². The molecule has 1 aromatic carbocycles. The van der Waals surface area contributed by atoms with Crippen molar-refractivity contribution in [3.8, 4) is 5.75 Å². The molecule has 0 amide bonds. The smallest absolute Gasteiger partial charge is 0.140 e. The maximum absolute atomic E-state index is 5.89. The highest BCUT2D eigenvalue weighted by atomic mass is 32.1. The third-order valence-electron chi connectivity index (χ3n) is 3.40. The number of hydrogen-bond acceptors (Lipinski definition) is 4. The van der Waals surface area contributed by atoms with Gasteiger partial charge in [0.05, 0.1) is 5.69 Å². The Morgan fingerprint density at radius 3 is 2.57 bits per heavy atom. The molecule has 1 aromatic heterocycles.